The van der Waals surface area contributed by atoms with E-state index in [1.807, 2.05) is 4.90 Å². The highest BCUT2D eigenvalue weighted by molar-refractivity contribution is 5.94. The largest absolute Gasteiger partial charge is 0.339 e. The zero-order chi connectivity index (χ0) is 14.5. The molecule has 1 aliphatic rings. The van der Waals surface area contributed by atoms with Crippen LogP contribution in [0, 0.1) is 11.3 Å². The number of nitrogens with zero attached hydrogens (tertiary/aromatic N) is 2. The van der Waals surface area contributed by atoms with E-state index in [0.29, 0.717) is 23.2 Å². The van der Waals surface area contributed by atoms with E-state index in [4.69, 9.17) is 5.26 Å². The van der Waals surface area contributed by atoms with Crippen molar-refractivity contribution in [2.75, 3.05) is 13.1 Å². The summed E-state index contributed by atoms with van der Waals surface area (Å²) >= 11 is 0. The van der Waals surface area contributed by atoms with Crippen LogP contribution >= 0.6 is 0 Å². The van der Waals surface area contributed by atoms with Crippen molar-refractivity contribution in [2.45, 2.75) is 38.8 Å². The molecule has 1 aliphatic heterocycles. The SMILES string of the molecule is CC(C)NC1CCN(C(=O)c2ccc(C#N)cc2)CC1. The molecule has 0 saturated carbocycles. The quantitative estimate of drug-likeness (QED) is 0.916. The fourth-order valence-corrected chi connectivity index (χ4v) is 2.59. The average Bonchev–Trinajstić information content (AvgIpc) is 2.47. The van der Waals surface area contributed by atoms with Crippen molar-refractivity contribution in [3.63, 3.8) is 0 Å². The van der Waals surface area contributed by atoms with Gasteiger partial charge in [0.25, 0.3) is 5.91 Å². The molecule has 0 radical (unpaired) electrons. The van der Waals surface area contributed by atoms with E-state index in [1.54, 1.807) is 24.3 Å². The van der Waals surface area contributed by atoms with Gasteiger partial charge in [0.05, 0.1) is 11.6 Å². The summed E-state index contributed by atoms with van der Waals surface area (Å²) in [7, 11) is 0. The third kappa shape index (κ3) is 3.58. The molecule has 1 heterocycles. The molecule has 0 aliphatic carbocycles. The topological polar surface area (TPSA) is 56.1 Å². The maximum atomic E-state index is 12.4. The second-order valence-electron chi connectivity index (χ2n) is 5.58. The fraction of sp³-hybridized carbons (Fsp3) is 0.500. The van der Waals surface area contributed by atoms with Gasteiger partial charge in [-0.05, 0) is 37.1 Å². The highest BCUT2D eigenvalue weighted by Gasteiger charge is 2.23. The Balaban J connectivity index is 1.92. The van der Waals surface area contributed by atoms with Gasteiger partial charge in [-0.15, -0.1) is 0 Å². The molecule has 0 atom stereocenters. The van der Waals surface area contributed by atoms with E-state index in [-0.39, 0.29) is 5.91 Å². The Morgan fingerprint density at radius 2 is 1.90 bits per heavy atom. The number of rotatable bonds is 3. The monoisotopic (exact) mass is 271 g/mol. The first-order valence-corrected chi connectivity index (χ1v) is 7.15. The Kier molecular flexibility index (Phi) is 4.75. The molecular formula is C16H21N3O. The number of nitrogens with one attached hydrogen (secondary N) is 1. The Hall–Kier alpha value is -1.86. The summed E-state index contributed by atoms with van der Waals surface area (Å²) in [6.45, 7) is 5.88. The van der Waals surface area contributed by atoms with E-state index in [1.165, 1.54) is 0 Å². The molecule has 1 aromatic rings. The molecule has 1 fully saturated rings. The minimum absolute atomic E-state index is 0.0671. The molecule has 0 spiro atoms. The second kappa shape index (κ2) is 6.53. The molecule has 2 rings (SSSR count). The number of carbonyl (C=O) groups is 1. The maximum Gasteiger partial charge on any atom is 0.253 e. The van der Waals surface area contributed by atoms with Crippen molar-refractivity contribution < 1.29 is 4.79 Å². The Morgan fingerprint density at radius 3 is 2.40 bits per heavy atom. The lowest BCUT2D eigenvalue weighted by atomic mass is 10.0. The zero-order valence-corrected chi connectivity index (χ0v) is 12.1. The van der Waals surface area contributed by atoms with E-state index in [2.05, 4.69) is 25.2 Å². The summed E-state index contributed by atoms with van der Waals surface area (Å²) in [5, 5.41) is 12.3. The molecule has 0 aromatic heterocycles. The predicted octanol–water partition coefficient (Wildman–Crippen LogP) is 2.16. The summed E-state index contributed by atoms with van der Waals surface area (Å²) < 4.78 is 0. The molecule has 4 nitrogen and oxygen atoms in total. The molecule has 0 bridgehead atoms. The lowest BCUT2D eigenvalue weighted by Gasteiger charge is -2.33. The molecule has 1 saturated heterocycles. The van der Waals surface area contributed by atoms with Gasteiger partial charge in [-0.1, -0.05) is 13.8 Å². The Labute approximate surface area is 120 Å². The molecule has 1 aromatic carbocycles. The fourth-order valence-electron chi connectivity index (χ4n) is 2.59. The molecule has 1 N–H and O–H groups in total. The highest BCUT2D eigenvalue weighted by Crippen LogP contribution is 2.15. The van der Waals surface area contributed by atoms with Crippen LogP contribution in [0.2, 0.25) is 0 Å². The van der Waals surface area contributed by atoms with Crippen LogP contribution in [0.4, 0.5) is 0 Å². The first-order chi connectivity index (χ1) is 9.60. The van der Waals surface area contributed by atoms with Gasteiger partial charge in [0.15, 0.2) is 0 Å². The van der Waals surface area contributed by atoms with Crippen molar-refractivity contribution in [2.24, 2.45) is 0 Å². The van der Waals surface area contributed by atoms with Crippen molar-refractivity contribution in [1.29, 1.82) is 5.26 Å². The summed E-state index contributed by atoms with van der Waals surface area (Å²) in [5.74, 6) is 0.0671. The second-order valence-corrected chi connectivity index (χ2v) is 5.58. The number of amides is 1. The molecule has 1 amide bonds. The van der Waals surface area contributed by atoms with Crippen molar-refractivity contribution in [3.05, 3.63) is 35.4 Å². The highest BCUT2D eigenvalue weighted by atomic mass is 16.2. The van der Waals surface area contributed by atoms with Crippen LogP contribution in [-0.2, 0) is 0 Å². The van der Waals surface area contributed by atoms with Crippen molar-refractivity contribution in [3.8, 4) is 6.07 Å². The van der Waals surface area contributed by atoms with Crippen LogP contribution in [0.25, 0.3) is 0 Å². The maximum absolute atomic E-state index is 12.4. The number of piperidine rings is 1. The van der Waals surface area contributed by atoms with Crippen molar-refractivity contribution >= 4 is 5.91 Å². The lowest BCUT2D eigenvalue weighted by Crippen LogP contribution is -2.46. The third-order valence-electron chi connectivity index (χ3n) is 3.61. The van der Waals surface area contributed by atoms with Crippen LogP contribution < -0.4 is 5.32 Å². The van der Waals surface area contributed by atoms with Gasteiger partial charge in [-0.25, -0.2) is 0 Å². The number of carbonyl (C=O) groups excluding carboxylic acids is 1. The molecule has 4 heteroatoms. The van der Waals surface area contributed by atoms with Gasteiger partial charge in [0, 0.05) is 30.7 Å². The normalized spacial score (nSPS) is 16.2. The Bertz CT molecular complexity index is 493. The molecule has 106 valence electrons. The van der Waals surface area contributed by atoms with Crippen LogP contribution in [-0.4, -0.2) is 36.0 Å². The smallest absolute Gasteiger partial charge is 0.253 e. The summed E-state index contributed by atoms with van der Waals surface area (Å²) in [6, 6.07) is 9.92. The van der Waals surface area contributed by atoms with Gasteiger partial charge < -0.3 is 10.2 Å². The summed E-state index contributed by atoms with van der Waals surface area (Å²) in [4.78, 5) is 14.3. The van der Waals surface area contributed by atoms with E-state index < -0.39 is 0 Å². The number of benzene rings is 1. The van der Waals surface area contributed by atoms with E-state index in [9.17, 15) is 4.79 Å². The molecular weight excluding hydrogens is 250 g/mol. The zero-order valence-electron chi connectivity index (χ0n) is 12.1. The molecule has 20 heavy (non-hydrogen) atoms. The van der Waals surface area contributed by atoms with Gasteiger partial charge in [-0.2, -0.15) is 5.26 Å². The number of hydrogen-bond acceptors (Lipinski definition) is 3. The standard InChI is InChI=1S/C16H21N3O/c1-12(2)18-15-7-9-19(10-8-15)16(20)14-5-3-13(11-17)4-6-14/h3-6,12,15,18H,7-10H2,1-2H3. The van der Waals surface area contributed by atoms with Crippen LogP contribution in [0.5, 0.6) is 0 Å². The minimum Gasteiger partial charge on any atom is -0.339 e. The van der Waals surface area contributed by atoms with Gasteiger partial charge in [-0.3, -0.25) is 4.79 Å². The molecule has 0 unspecified atom stereocenters. The number of hydrogen-bond donors (Lipinski definition) is 1. The lowest BCUT2D eigenvalue weighted by molar-refractivity contribution is 0.0703. The van der Waals surface area contributed by atoms with Crippen LogP contribution in [0.3, 0.4) is 0 Å². The summed E-state index contributed by atoms with van der Waals surface area (Å²) in [5.41, 5.74) is 1.25. The van der Waals surface area contributed by atoms with Gasteiger partial charge in [0.1, 0.15) is 0 Å². The van der Waals surface area contributed by atoms with E-state index >= 15 is 0 Å². The summed E-state index contributed by atoms with van der Waals surface area (Å²) in [6.07, 6.45) is 2.00. The number of nitriles is 1. The first-order valence-electron chi connectivity index (χ1n) is 7.15. The van der Waals surface area contributed by atoms with Crippen LogP contribution in [0.15, 0.2) is 24.3 Å². The Morgan fingerprint density at radius 1 is 1.30 bits per heavy atom. The third-order valence-corrected chi connectivity index (χ3v) is 3.61. The van der Waals surface area contributed by atoms with E-state index in [0.717, 1.165) is 25.9 Å². The van der Waals surface area contributed by atoms with Gasteiger partial charge in [0.2, 0.25) is 0 Å². The average molecular weight is 271 g/mol. The van der Waals surface area contributed by atoms with Gasteiger partial charge >= 0.3 is 0 Å². The number of likely N-dealkylation sites (tertiary alicyclic amines) is 1. The van der Waals surface area contributed by atoms with Crippen LogP contribution in [0.1, 0.15) is 42.6 Å². The first kappa shape index (κ1) is 14.5. The predicted molar refractivity (Wildman–Crippen MR) is 78.4 cm³/mol. The minimum atomic E-state index is 0.0671. The van der Waals surface area contributed by atoms with Crippen molar-refractivity contribution in [1.82, 2.24) is 10.2 Å².